The van der Waals surface area contributed by atoms with Crippen molar-refractivity contribution in [3.8, 4) is 0 Å². The van der Waals surface area contributed by atoms with Crippen molar-refractivity contribution in [2.75, 3.05) is 24.2 Å². The highest BCUT2D eigenvalue weighted by Gasteiger charge is 2.44. The van der Waals surface area contributed by atoms with Crippen molar-refractivity contribution in [3.63, 3.8) is 0 Å². The fourth-order valence-corrected chi connectivity index (χ4v) is 2.02. The lowest BCUT2D eigenvalue weighted by Gasteiger charge is -2.09. The van der Waals surface area contributed by atoms with Gasteiger partial charge in [-0.05, 0) is 24.7 Å². The van der Waals surface area contributed by atoms with Crippen molar-refractivity contribution >= 4 is 11.6 Å². The molecule has 0 bridgehead atoms. The molecule has 0 aromatic carbocycles. The molecule has 1 fully saturated rings. The summed E-state index contributed by atoms with van der Waals surface area (Å²) in [7, 11) is 0. The van der Waals surface area contributed by atoms with Crippen LogP contribution >= 0.6 is 0 Å². The first kappa shape index (κ1) is 13.1. The summed E-state index contributed by atoms with van der Waals surface area (Å²) in [5.41, 5.74) is 6.23. The predicted octanol–water partition coefficient (Wildman–Crippen LogP) is 2.05. The smallest absolute Gasteiger partial charge is 0.158 e. The Kier molecular flexibility index (Phi) is 3.71. The number of ether oxygens (including phenoxy) is 1. The third kappa shape index (κ3) is 3.32. The molecular weight excluding hydrogens is 228 g/mol. The summed E-state index contributed by atoms with van der Waals surface area (Å²) in [6.45, 7) is 8.52. The maximum Gasteiger partial charge on any atom is 0.158 e. The molecule has 0 amide bonds. The molecule has 3 N–H and O–H groups in total. The molecule has 1 aromatic rings. The molecule has 2 rings (SSSR count). The van der Waals surface area contributed by atoms with Crippen LogP contribution in [0.4, 0.5) is 11.6 Å². The van der Waals surface area contributed by atoms with Crippen LogP contribution in [0.15, 0.2) is 6.07 Å². The first-order valence-electron chi connectivity index (χ1n) is 6.46. The molecular formula is C13H22N4O. The van der Waals surface area contributed by atoms with Gasteiger partial charge in [-0.3, -0.25) is 0 Å². The molecule has 5 heteroatoms. The molecule has 1 heterocycles. The SMILES string of the molecule is CCOCc1nc(N)cc(NCC2CC2(C)C)n1. The molecule has 5 nitrogen and oxygen atoms in total. The van der Waals surface area contributed by atoms with E-state index in [0.717, 1.165) is 18.3 Å². The minimum atomic E-state index is 0.408. The quantitative estimate of drug-likeness (QED) is 0.808. The second-order valence-corrected chi connectivity index (χ2v) is 5.50. The Morgan fingerprint density at radius 3 is 2.83 bits per heavy atom. The molecule has 18 heavy (non-hydrogen) atoms. The van der Waals surface area contributed by atoms with E-state index in [4.69, 9.17) is 10.5 Å². The highest BCUT2D eigenvalue weighted by molar-refractivity contribution is 5.44. The maximum atomic E-state index is 5.76. The highest BCUT2D eigenvalue weighted by Crippen LogP contribution is 2.51. The highest BCUT2D eigenvalue weighted by atomic mass is 16.5. The summed E-state index contributed by atoms with van der Waals surface area (Å²) in [5, 5.41) is 3.33. The van der Waals surface area contributed by atoms with Crippen LogP contribution in [0.5, 0.6) is 0 Å². The monoisotopic (exact) mass is 250 g/mol. The molecule has 0 radical (unpaired) electrons. The van der Waals surface area contributed by atoms with Crippen molar-refractivity contribution in [1.29, 1.82) is 0 Å². The first-order valence-corrected chi connectivity index (χ1v) is 6.46. The van der Waals surface area contributed by atoms with E-state index in [2.05, 4.69) is 29.1 Å². The van der Waals surface area contributed by atoms with Crippen molar-refractivity contribution in [2.45, 2.75) is 33.8 Å². The number of hydrogen-bond acceptors (Lipinski definition) is 5. The number of aromatic nitrogens is 2. The van der Waals surface area contributed by atoms with Crippen LogP contribution in [-0.4, -0.2) is 23.1 Å². The zero-order valence-electron chi connectivity index (χ0n) is 11.4. The van der Waals surface area contributed by atoms with Gasteiger partial charge in [0.1, 0.15) is 18.2 Å². The fourth-order valence-electron chi connectivity index (χ4n) is 2.02. The number of nitrogens with two attached hydrogens (primary N) is 1. The molecule has 100 valence electrons. The summed E-state index contributed by atoms with van der Waals surface area (Å²) < 4.78 is 5.29. The van der Waals surface area contributed by atoms with Gasteiger partial charge in [0.25, 0.3) is 0 Å². The van der Waals surface area contributed by atoms with Crippen molar-refractivity contribution in [1.82, 2.24) is 9.97 Å². The van der Waals surface area contributed by atoms with E-state index in [1.54, 1.807) is 6.07 Å². The van der Waals surface area contributed by atoms with Crippen LogP contribution in [0.3, 0.4) is 0 Å². The van der Waals surface area contributed by atoms with Gasteiger partial charge >= 0.3 is 0 Å². The van der Waals surface area contributed by atoms with Crippen LogP contribution < -0.4 is 11.1 Å². The number of rotatable bonds is 6. The topological polar surface area (TPSA) is 73.1 Å². The number of nitrogens with one attached hydrogen (secondary N) is 1. The van der Waals surface area contributed by atoms with E-state index >= 15 is 0 Å². The van der Waals surface area contributed by atoms with Gasteiger partial charge < -0.3 is 15.8 Å². The third-order valence-electron chi connectivity index (χ3n) is 3.47. The van der Waals surface area contributed by atoms with E-state index < -0.39 is 0 Å². The lowest BCUT2D eigenvalue weighted by atomic mass is 10.1. The van der Waals surface area contributed by atoms with Gasteiger partial charge in [-0.1, -0.05) is 13.8 Å². The largest absolute Gasteiger partial charge is 0.384 e. The van der Waals surface area contributed by atoms with Gasteiger partial charge in [0.15, 0.2) is 5.82 Å². The average Bonchev–Trinajstić information content (AvgIpc) is 2.91. The van der Waals surface area contributed by atoms with E-state index in [1.165, 1.54) is 6.42 Å². The summed E-state index contributed by atoms with van der Waals surface area (Å²) in [4.78, 5) is 8.54. The van der Waals surface area contributed by atoms with Crippen LogP contribution in [0.2, 0.25) is 0 Å². The minimum Gasteiger partial charge on any atom is -0.384 e. The summed E-state index contributed by atoms with van der Waals surface area (Å²) >= 11 is 0. The second-order valence-electron chi connectivity index (χ2n) is 5.50. The van der Waals surface area contributed by atoms with Crippen LogP contribution in [-0.2, 0) is 11.3 Å². The molecule has 1 unspecified atom stereocenters. The average molecular weight is 250 g/mol. The summed E-state index contributed by atoms with van der Waals surface area (Å²) in [6.07, 6.45) is 1.27. The lowest BCUT2D eigenvalue weighted by molar-refractivity contribution is 0.128. The molecule has 1 saturated carbocycles. The van der Waals surface area contributed by atoms with Gasteiger partial charge in [-0.2, -0.15) is 0 Å². The minimum absolute atomic E-state index is 0.408. The Balaban J connectivity index is 1.93. The summed E-state index contributed by atoms with van der Waals surface area (Å²) in [6, 6.07) is 1.77. The number of anilines is 2. The zero-order chi connectivity index (χ0) is 13.2. The van der Waals surface area contributed by atoms with Gasteiger partial charge in [0.05, 0.1) is 0 Å². The molecule has 0 aliphatic heterocycles. The second kappa shape index (κ2) is 5.10. The van der Waals surface area contributed by atoms with Gasteiger partial charge in [0.2, 0.25) is 0 Å². The van der Waals surface area contributed by atoms with E-state index in [1.807, 2.05) is 6.92 Å². The third-order valence-corrected chi connectivity index (χ3v) is 3.47. The number of nitrogen functional groups attached to an aromatic ring is 1. The van der Waals surface area contributed by atoms with E-state index in [9.17, 15) is 0 Å². The standard InChI is InChI=1S/C13H22N4O/c1-4-18-8-12-16-10(14)5-11(17-12)15-7-9-6-13(9,2)3/h5,9H,4,6-8H2,1-3H3,(H3,14,15,16,17). The Morgan fingerprint density at radius 2 is 2.22 bits per heavy atom. The number of nitrogens with zero attached hydrogens (tertiary/aromatic N) is 2. The van der Waals surface area contributed by atoms with E-state index in [0.29, 0.717) is 30.3 Å². The van der Waals surface area contributed by atoms with Crippen molar-refractivity contribution < 1.29 is 4.74 Å². The van der Waals surface area contributed by atoms with Gasteiger partial charge in [0, 0.05) is 19.2 Å². The number of hydrogen-bond donors (Lipinski definition) is 2. The lowest BCUT2D eigenvalue weighted by Crippen LogP contribution is -2.11. The maximum absolute atomic E-state index is 5.76. The fraction of sp³-hybridized carbons (Fsp3) is 0.692. The van der Waals surface area contributed by atoms with Crippen molar-refractivity contribution in [2.24, 2.45) is 11.3 Å². The van der Waals surface area contributed by atoms with Crippen molar-refractivity contribution in [3.05, 3.63) is 11.9 Å². The molecule has 1 aromatic heterocycles. The Hall–Kier alpha value is -1.36. The molecule has 1 atom stereocenters. The van der Waals surface area contributed by atoms with Gasteiger partial charge in [-0.25, -0.2) is 9.97 Å². The van der Waals surface area contributed by atoms with Crippen LogP contribution in [0.25, 0.3) is 0 Å². The predicted molar refractivity (Wildman–Crippen MR) is 72.2 cm³/mol. The molecule has 1 aliphatic rings. The zero-order valence-corrected chi connectivity index (χ0v) is 11.4. The Labute approximate surface area is 108 Å². The van der Waals surface area contributed by atoms with Gasteiger partial charge in [-0.15, -0.1) is 0 Å². The normalized spacial score (nSPS) is 20.7. The molecule has 0 saturated heterocycles. The first-order chi connectivity index (χ1) is 8.51. The van der Waals surface area contributed by atoms with E-state index in [-0.39, 0.29) is 0 Å². The summed E-state index contributed by atoms with van der Waals surface area (Å²) in [5.74, 6) is 2.63. The van der Waals surface area contributed by atoms with Crippen LogP contribution in [0.1, 0.15) is 33.0 Å². The van der Waals surface area contributed by atoms with Crippen LogP contribution in [0, 0.1) is 11.3 Å². The molecule has 0 spiro atoms. The Bertz CT molecular complexity index is 419. The Morgan fingerprint density at radius 1 is 1.50 bits per heavy atom. The molecule has 1 aliphatic carbocycles.